The van der Waals surface area contributed by atoms with Crippen LogP contribution < -0.4 is 19.6 Å². The van der Waals surface area contributed by atoms with Crippen LogP contribution in [0.3, 0.4) is 0 Å². The molecule has 8 heteroatoms. The van der Waals surface area contributed by atoms with E-state index in [1.165, 1.54) is 6.21 Å². The van der Waals surface area contributed by atoms with E-state index in [-0.39, 0.29) is 11.9 Å². The van der Waals surface area contributed by atoms with Crippen LogP contribution in [0.4, 0.5) is 0 Å². The Morgan fingerprint density at radius 2 is 1.94 bits per heavy atom. The summed E-state index contributed by atoms with van der Waals surface area (Å²) in [5, 5.41) is 5.20. The monoisotopic (exact) mass is 458 g/mol. The maximum Gasteiger partial charge on any atom is 0.307 e. The molecule has 0 bridgehead atoms. The summed E-state index contributed by atoms with van der Waals surface area (Å²) in [5.41, 5.74) is 3.71. The topological polar surface area (TPSA) is 82.3 Å². The van der Waals surface area contributed by atoms with Crippen molar-refractivity contribution < 1.29 is 23.4 Å². The molecule has 0 saturated carbocycles. The van der Waals surface area contributed by atoms with E-state index < -0.39 is 5.91 Å². The molecule has 2 aromatic carbocycles. The number of ether oxygens (including phenoxy) is 3. The van der Waals surface area contributed by atoms with Gasteiger partial charge in [0.1, 0.15) is 11.3 Å². The van der Waals surface area contributed by atoms with Crippen LogP contribution in [0, 0.1) is 0 Å². The summed E-state index contributed by atoms with van der Waals surface area (Å²) in [7, 11) is 0. The number of furan rings is 1. The number of rotatable bonds is 10. The lowest BCUT2D eigenvalue weighted by molar-refractivity contribution is 0.0929. The van der Waals surface area contributed by atoms with Gasteiger partial charge in [-0.05, 0) is 69.2 Å². The fourth-order valence-electron chi connectivity index (χ4n) is 2.93. The van der Waals surface area contributed by atoms with Gasteiger partial charge in [-0.1, -0.05) is 18.5 Å². The molecular formula is C24H27ClN2O5. The van der Waals surface area contributed by atoms with Crippen molar-refractivity contribution in [2.45, 2.75) is 40.2 Å². The molecule has 0 saturated heterocycles. The Morgan fingerprint density at radius 1 is 1.16 bits per heavy atom. The van der Waals surface area contributed by atoms with Gasteiger partial charge in [0, 0.05) is 5.39 Å². The molecule has 0 aliphatic carbocycles. The molecule has 0 spiro atoms. The zero-order chi connectivity index (χ0) is 23.1. The zero-order valence-electron chi connectivity index (χ0n) is 18.6. The summed E-state index contributed by atoms with van der Waals surface area (Å²) >= 11 is 6.41. The van der Waals surface area contributed by atoms with Crippen molar-refractivity contribution in [3.05, 3.63) is 52.7 Å². The SMILES string of the molecule is CCOc1ccc2oc(C(=O)N/N=C/c3cc(Cl)c(O[C@H](C)CC)c(OCC)c3)cc2c1. The fraction of sp³-hybridized carbons (Fsp3) is 0.333. The molecule has 0 radical (unpaired) electrons. The number of hydrogen-bond donors (Lipinski definition) is 1. The smallest absolute Gasteiger partial charge is 0.307 e. The maximum absolute atomic E-state index is 12.4. The van der Waals surface area contributed by atoms with Gasteiger partial charge in [0.05, 0.1) is 30.6 Å². The lowest BCUT2D eigenvalue weighted by Crippen LogP contribution is -2.16. The Balaban J connectivity index is 1.73. The summed E-state index contributed by atoms with van der Waals surface area (Å²) in [4.78, 5) is 12.4. The van der Waals surface area contributed by atoms with Gasteiger partial charge >= 0.3 is 5.91 Å². The normalized spacial score (nSPS) is 12.2. The number of hydrazone groups is 1. The summed E-state index contributed by atoms with van der Waals surface area (Å²) < 4.78 is 22.6. The number of benzene rings is 2. The van der Waals surface area contributed by atoms with Crippen molar-refractivity contribution in [2.24, 2.45) is 5.10 Å². The number of nitrogens with one attached hydrogen (secondary N) is 1. The van der Waals surface area contributed by atoms with E-state index in [1.54, 1.807) is 30.3 Å². The van der Waals surface area contributed by atoms with Crippen LogP contribution in [0.1, 0.15) is 50.2 Å². The Hall–Kier alpha value is -3.19. The van der Waals surface area contributed by atoms with E-state index in [1.807, 2.05) is 33.8 Å². The average Bonchev–Trinajstić information content (AvgIpc) is 3.20. The minimum Gasteiger partial charge on any atom is -0.494 e. The van der Waals surface area contributed by atoms with Gasteiger partial charge in [-0.3, -0.25) is 4.79 Å². The summed E-state index contributed by atoms with van der Waals surface area (Å²) in [6.07, 6.45) is 2.32. The summed E-state index contributed by atoms with van der Waals surface area (Å²) in [6.45, 7) is 8.81. The molecule has 0 fully saturated rings. The summed E-state index contributed by atoms with van der Waals surface area (Å²) in [6, 6.07) is 10.5. The Labute approximate surface area is 192 Å². The molecule has 32 heavy (non-hydrogen) atoms. The molecule has 0 aliphatic heterocycles. The van der Waals surface area contributed by atoms with Gasteiger partial charge in [0.2, 0.25) is 0 Å². The number of carbonyl (C=O) groups is 1. The van der Waals surface area contributed by atoms with Crippen LogP contribution in [0.2, 0.25) is 5.02 Å². The van der Waals surface area contributed by atoms with E-state index in [0.29, 0.717) is 46.6 Å². The third-order valence-corrected chi connectivity index (χ3v) is 4.91. The predicted octanol–water partition coefficient (Wildman–Crippen LogP) is 5.82. The quantitative estimate of drug-likeness (QED) is 0.305. The molecule has 1 atom stereocenters. The van der Waals surface area contributed by atoms with Crippen LogP contribution in [0.25, 0.3) is 11.0 Å². The molecule has 1 N–H and O–H groups in total. The number of carbonyl (C=O) groups excluding carboxylic acids is 1. The highest BCUT2D eigenvalue weighted by atomic mass is 35.5. The lowest BCUT2D eigenvalue weighted by atomic mass is 10.2. The largest absolute Gasteiger partial charge is 0.494 e. The van der Waals surface area contributed by atoms with Crippen molar-refractivity contribution in [1.82, 2.24) is 5.43 Å². The number of hydrogen-bond acceptors (Lipinski definition) is 6. The van der Waals surface area contributed by atoms with Crippen LogP contribution in [-0.2, 0) is 0 Å². The predicted molar refractivity (Wildman–Crippen MR) is 125 cm³/mol. The lowest BCUT2D eigenvalue weighted by Gasteiger charge is -2.18. The molecule has 1 amide bonds. The number of amides is 1. The molecule has 3 rings (SSSR count). The highest BCUT2D eigenvalue weighted by molar-refractivity contribution is 6.32. The minimum atomic E-state index is -0.469. The van der Waals surface area contributed by atoms with Gasteiger partial charge in [-0.15, -0.1) is 0 Å². The van der Waals surface area contributed by atoms with E-state index in [4.69, 9.17) is 30.2 Å². The van der Waals surface area contributed by atoms with Crippen molar-refractivity contribution in [1.29, 1.82) is 0 Å². The third-order valence-electron chi connectivity index (χ3n) is 4.63. The van der Waals surface area contributed by atoms with Crippen LogP contribution >= 0.6 is 11.6 Å². The van der Waals surface area contributed by atoms with Gasteiger partial charge in [-0.2, -0.15) is 5.10 Å². The molecule has 1 heterocycles. The first-order valence-electron chi connectivity index (χ1n) is 10.6. The highest BCUT2D eigenvalue weighted by Crippen LogP contribution is 2.37. The summed E-state index contributed by atoms with van der Waals surface area (Å²) in [5.74, 6) is 1.42. The van der Waals surface area contributed by atoms with E-state index >= 15 is 0 Å². The second kappa shape index (κ2) is 10.9. The van der Waals surface area contributed by atoms with Crippen molar-refractivity contribution in [2.75, 3.05) is 13.2 Å². The maximum atomic E-state index is 12.4. The number of fused-ring (bicyclic) bond motifs is 1. The standard InChI is InChI=1S/C24H27ClN2O5/c1-5-15(4)31-23-19(25)10-16(11-21(23)30-7-3)14-26-27-24(28)22-13-17-12-18(29-6-2)8-9-20(17)32-22/h8-15H,5-7H2,1-4H3,(H,27,28)/b26-14+/t15-/m1/s1. The zero-order valence-corrected chi connectivity index (χ0v) is 19.4. The minimum absolute atomic E-state index is 0.000986. The second-order valence-electron chi connectivity index (χ2n) is 7.04. The van der Waals surface area contributed by atoms with Gasteiger partial charge in [0.25, 0.3) is 0 Å². The highest BCUT2D eigenvalue weighted by Gasteiger charge is 2.15. The van der Waals surface area contributed by atoms with Gasteiger partial charge in [0.15, 0.2) is 17.3 Å². The second-order valence-corrected chi connectivity index (χ2v) is 7.45. The van der Waals surface area contributed by atoms with Crippen molar-refractivity contribution in [3.63, 3.8) is 0 Å². The van der Waals surface area contributed by atoms with Crippen molar-refractivity contribution in [3.8, 4) is 17.2 Å². The molecule has 1 aromatic heterocycles. The molecule has 7 nitrogen and oxygen atoms in total. The van der Waals surface area contributed by atoms with Crippen molar-refractivity contribution >= 4 is 34.7 Å². The number of nitrogens with zero attached hydrogens (tertiary/aromatic N) is 1. The van der Waals surface area contributed by atoms with Crippen LogP contribution in [0.5, 0.6) is 17.2 Å². The van der Waals surface area contributed by atoms with Crippen LogP contribution in [-0.4, -0.2) is 31.4 Å². The fourth-order valence-corrected chi connectivity index (χ4v) is 3.20. The van der Waals surface area contributed by atoms with Crippen LogP contribution in [0.15, 0.2) is 45.9 Å². The van der Waals surface area contributed by atoms with Gasteiger partial charge in [-0.25, -0.2) is 5.43 Å². The van der Waals surface area contributed by atoms with E-state index in [9.17, 15) is 4.79 Å². The molecule has 170 valence electrons. The Bertz CT molecular complexity index is 1110. The average molecular weight is 459 g/mol. The molecule has 3 aromatic rings. The number of halogens is 1. The Morgan fingerprint density at radius 3 is 2.66 bits per heavy atom. The van der Waals surface area contributed by atoms with Gasteiger partial charge < -0.3 is 18.6 Å². The first-order chi connectivity index (χ1) is 15.4. The molecule has 0 aliphatic rings. The van der Waals surface area contributed by atoms with E-state index in [0.717, 1.165) is 11.8 Å². The molecule has 0 unspecified atom stereocenters. The Kier molecular flexibility index (Phi) is 8.00. The molecular weight excluding hydrogens is 432 g/mol. The first-order valence-corrected chi connectivity index (χ1v) is 11.0. The first kappa shape index (κ1) is 23.5. The third kappa shape index (κ3) is 5.73. The van der Waals surface area contributed by atoms with E-state index in [2.05, 4.69) is 10.5 Å².